The molecule has 0 bridgehead atoms. The van der Waals surface area contributed by atoms with Crippen molar-refractivity contribution in [1.82, 2.24) is 14.8 Å². The Balaban J connectivity index is 0.00000169. The first-order valence-electron chi connectivity index (χ1n) is 8.72. The summed E-state index contributed by atoms with van der Waals surface area (Å²) >= 11 is 0. The molecule has 1 aliphatic carbocycles. The van der Waals surface area contributed by atoms with Gasteiger partial charge in [0.15, 0.2) is 0 Å². The lowest BCUT2D eigenvalue weighted by molar-refractivity contribution is 0.277. The summed E-state index contributed by atoms with van der Waals surface area (Å²) in [7, 11) is 2.13. The minimum atomic E-state index is 0. The second kappa shape index (κ2) is 6.07. The molecule has 0 radical (unpaired) electrons. The van der Waals surface area contributed by atoms with Crippen LogP contribution in [0.3, 0.4) is 0 Å². The van der Waals surface area contributed by atoms with Gasteiger partial charge < -0.3 is 4.90 Å². The number of rotatable bonds is 3. The Kier molecular flexibility index (Phi) is 4.37. The topological polar surface area (TPSA) is 34.0 Å². The van der Waals surface area contributed by atoms with Gasteiger partial charge in [-0.05, 0) is 36.7 Å². The van der Waals surface area contributed by atoms with Gasteiger partial charge in [0.05, 0.1) is 5.41 Å². The molecule has 24 heavy (non-hydrogen) atoms. The Morgan fingerprint density at radius 2 is 1.54 bits per heavy atom. The van der Waals surface area contributed by atoms with Gasteiger partial charge >= 0.3 is 0 Å². The number of piperidine rings is 1. The van der Waals surface area contributed by atoms with Crippen LogP contribution in [0.5, 0.6) is 0 Å². The van der Waals surface area contributed by atoms with E-state index >= 15 is 0 Å². The van der Waals surface area contributed by atoms with E-state index in [1.54, 1.807) is 0 Å². The molecule has 4 nitrogen and oxygen atoms in total. The van der Waals surface area contributed by atoms with Crippen molar-refractivity contribution in [2.24, 2.45) is 12.5 Å². The zero-order valence-corrected chi connectivity index (χ0v) is 15.6. The zero-order chi connectivity index (χ0) is 16.1. The number of benzene rings is 1. The molecule has 5 heteroatoms. The highest BCUT2D eigenvalue weighted by Crippen LogP contribution is 2.53. The van der Waals surface area contributed by atoms with Gasteiger partial charge in [0.25, 0.3) is 0 Å². The van der Waals surface area contributed by atoms with Crippen LogP contribution in [0.1, 0.15) is 50.9 Å². The van der Waals surface area contributed by atoms with Crippen LogP contribution < -0.4 is 4.90 Å². The van der Waals surface area contributed by atoms with Gasteiger partial charge in [-0.15, -0.1) is 22.6 Å². The lowest BCUT2D eigenvalue weighted by atomic mass is 9.83. The maximum absolute atomic E-state index is 4.61. The van der Waals surface area contributed by atoms with Crippen molar-refractivity contribution in [2.75, 3.05) is 18.0 Å². The maximum Gasteiger partial charge on any atom is 0.226 e. The molecule has 1 saturated heterocycles. The fourth-order valence-corrected chi connectivity index (χ4v) is 3.85. The molecule has 0 spiro atoms. The lowest BCUT2D eigenvalue weighted by Crippen LogP contribution is -2.38. The molecule has 1 aromatic carbocycles. The van der Waals surface area contributed by atoms with Gasteiger partial charge in [-0.2, -0.15) is 0 Å². The van der Waals surface area contributed by atoms with E-state index < -0.39 is 0 Å². The fraction of sp³-hybridized carbons (Fsp3) is 0.579. The first-order valence-corrected chi connectivity index (χ1v) is 8.72. The van der Waals surface area contributed by atoms with E-state index in [2.05, 4.69) is 70.9 Å². The monoisotopic (exact) mass is 346 g/mol. The van der Waals surface area contributed by atoms with Gasteiger partial charge in [0, 0.05) is 20.1 Å². The second-order valence-electron chi connectivity index (χ2n) is 7.98. The van der Waals surface area contributed by atoms with E-state index in [0.717, 1.165) is 24.9 Å². The first-order chi connectivity index (χ1) is 11.0. The predicted octanol–water partition coefficient (Wildman–Crippen LogP) is 3.94. The summed E-state index contributed by atoms with van der Waals surface area (Å²) in [4.78, 5) is 2.41. The summed E-state index contributed by atoms with van der Waals surface area (Å²) in [5.74, 6) is 2.17. The van der Waals surface area contributed by atoms with Crippen molar-refractivity contribution >= 4 is 18.4 Å². The first kappa shape index (κ1) is 17.3. The Labute approximate surface area is 150 Å². The van der Waals surface area contributed by atoms with Crippen LogP contribution in [-0.4, -0.2) is 27.9 Å². The van der Waals surface area contributed by atoms with E-state index in [9.17, 15) is 0 Å². The minimum Gasteiger partial charge on any atom is -0.341 e. The van der Waals surface area contributed by atoms with Crippen LogP contribution >= 0.6 is 12.4 Å². The summed E-state index contributed by atoms with van der Waals surface area (Å²) < 4.78 is 2.23. The molecule has 1 saturated carbocycles. The summed E-state index contributed by atoms with van der Waals surface area (Å²) in [6.45, 7) is 6.89. The number of nitrogens with zero attached hydrogens (tertiary/aromatic N) is 4. The fourth-order valence-electron chi connectivity index (χ4n) is 3.85. The zero-order valence-electron chi connectivity index (χ0n) is 14.8. The maximum atomic E-state index is 4.61. The van der Waals surface area contributed by atoms with Gasteiger partial charge in [-0.3, -0.25) is 4.57 Å². The Morgan fingerprint density at radius 1 is 0.917 bits per heavy atom. The molecule has 0 N–H and O–H groups in total. The summed E-state index contributed by atoms with van der Waals surface area (Å²) in [5, 5.41) is 9.17. The Hall–Kier alpha value is -1.55. The number of halogens is 1. The van der Waals surface area contributed by atoms with Crippen LogP contribution in [-0.2, 0) is 12.5 Å². The van der Waals surface area contributed by atoms with Crippen molar-refractivity contribution in [3.8, 4) is 0 Å². The van der Waals surface area contributed by atoms with E-state index in [4.69, 9.17) is 0 Å². The van der Waals surface area contributed by atoms with E-state index in [-0.39, 0.29) is 17.8 Å². The molecule has 4 rings (SSSR count). The minimum absolute atomic E-state index is 0. The highest BCUT2D eigenvalue weighted by Gasteiger charge is 2.50. The largest absolute Gasteiger partial charge is 0.341 e. The van der Waals surface area contributed by atoms with Crippen LogP contribution in [0, 0.1) is 5.41 Å². The molecule has 2 aliphatic rings. The molecular formula is C19H27ClN4. The summed E-state index contributed by atoms with van der Waals surface area (Å²) in [5.41, 5.74) is 1.93. The number of anilines is 1. The molecular weight excluding hydrogens is 320 g/mol. The van der Waals surface area contributed by atoms with Gasteiger partial charge in [0.2, 0.25) is 5.95 Å². The normalized spacial score (nSPS) is 21.2. The molecule has 1 aromatic heterocycles. The number of aromatic nitrogens is 3. The average Bonchev–Trinajstić information content (AvgIpc) is 3.26. The van der Waals surface area contributed by atoms with Crippen LogP contribution in [0.15, 0.2) is 30.3 Å². The van der Waals surface area contributed by atoms with Crippen LogP contribution in [0.2, 0.25) is 0 Å². The molecule has 2 aromatic rings. The molecule has 2 heterocycles. The smallest absolute Gasteiger partial charge is 0.226 e. The predicted molar refractivity (Wildman–Crippen MR) is 99.9 cm³/mol. The third-order valence-corrected chi connectivity index (χ3v) is 5.76. The molecule has 0 amide bonds. The SMILES string of the molecule is Cl.Cn1c(N2CCC(C)(C)CC2)nnc1C1(c2ccccc2)CC1. The molecule has 2 fully saturated rings. The number of hydrogen-bond acceptors (Lipinski definition) is 3. The van der Waals surface area contributed by atoms with Crippen molar-refractivity contribution in [3.63, 3.8) is 0 Å². The lowest BCUT2D eigenvalue weighted by Gasteiger charge is -2.37. The Bertz CT molecular complexity index is 693. The quantitative estimate of drug-likeness (QED) is 0.844. The van der Waals surface area contributed by atoms with Gasteiger partial charge in [0.1, 0.15) is 5.82 Å². The van der Waals surface area contributed by atoms with Gasteiger partial charge in [-0.1, -0.05) is 44.2 Å². The van der Waals surface area contributed by atoms with Crippen LogP contribution in [0.25, 0.3) is 0 Å². The third kappa shape index (κ3) is 2.81. The van der Waals surface area contributed by atoms with Crippen molar-refractivity contribution in [1.29, 1.82) is 0 Å². The third-order valence-electron chi connectivity index (χ3n) is 5.76. The molecule has 1 aliphatic heterocycles. The van der Waals surface area contributed by atoms with E-state index in [1.165, 1.54) is 31.2 Å². The summed E-state index contributed by atoms with van der Waals surface area (Å²) in [6.07, 6.45) is 4.80. The number of hydrogen-bond donors (Lipinski definition) is 0. The second-order valence-corrected chi connectivity index (χ2v) is 7.98. The Morgan fingerprint density at radius 3 is 2.12 bits per heavy atom. The molecule has 0 unspecified atom stereocenters. The van der Waals surface area contributed by atoms with E-state index in [1.807, 2.05) is 0 Å². The van der Waals surface area contributed by atoms with Gasteiger partial charge in [-0.25, -0.2) is 0 Å². The summed E-state index contributed by atoms with van der Waals surface area (Å²) in [6, 6.07) is 10.8. The van der Waals surface area contributed by atoms with Crippen molar-refractivity contribution in [3.05, 3.63) is 41.7 Å². The highest BCUT2D eigenvalue weighted by molar-refractivity contribution is 5.85. The van der Waals surface area contributed by atoms with Crippen molar-refractivity contribution < 1.29 is 0 Å². The molecule has 0 atom stereocenters. The van der Waals surface area contributed by atoms with E-state index in [0.29, 0.717) is 5.41 Å². The standard InChI is InChI=1S/C19H26N4.ClH/c1-18(2)11-13-23(14-12-18)17-21-20-16(22(17)3)19(9-10-19)15-7-5-4-6-8-15;/h4-8H,9-14H2,1-3H3;1H. The highest BCUT2D eigenvalue weighted by atomic mass is 35.5. The van der Waals surface area contributed by atoms with Crippen LogP contribution in [0.4, 0.5) is 5.95 Å². The van der Waals surface area contributed by atoms with Crippen molar-refractivity contribution in [2.45, 2.75) is 44.9 Å². The molecule has 130 valence electrons. The average molecular weight is 347 g/mol.